The van der Waals surface area contributed by atoms with Crippen molar-refractivity contribution in [2.24, 2.45) is 25.4 Å². The molecule has 23 heteroatoms. The van der Waals surface area contributed by atoms with Crippen molar-refractivity contribution in [1.29, 1.82) is 0 Å². The molecular weight excluding hydrogens is 1100 g/mol. The molecule has 392 valence electrons. The molecule has 0 bridgehead atoms. The molecule has 0 spiro atoms. The van der Waals surface area contributed by atoms with E-state index in [1.54, 1.807) is 118 Å². The molecule has 0 radical (unpaired) electrons. The number of aromatic hydroxyl groups is 1. The molecule has 8 aromatic carbocycles. The first-order valence-corrected chi connectivity index (χ1v) is 26.8. The van der Waals surface area contributed by atoms with Crippen LogP contribution in [0.5, 0.6) is 23.0 Å². The zero-order valence-corrected chi connectivity index (χ0v) is 46.9. The zero-order valence-electron chi connectivity index (χ0n) is 41.6. The van der Waals surface area contributed by atoms with Crippen LogP contribution < -0.4 is 25.0 Å². The minimum absolute atomic E-state index is 0. The number of phenols is 1. The van der Waals surface area contributed by atoms with Crippen molar-refractivity contribution in [2.45, 2.75) is 50.3 Å². The summed E-state index contributed by atoms with van der Waals surface area (Å²) in [6.07, 6.45) is 0.729. The number of carbonyl (C=O) groups excluding carboxylic acids is 1. The number of phenolic OH excluding ortho intramolecular Hbond substituents is 1. The van der Waals surface area contributed by atoms with E-state index in [9.17, 15) is 46.1 Å². The number of nitrogens with zero attached hydrogens (tertiary/aromatic N) is 5. The summed E-state index contributed by atoms with van der Waals surface area (Å²) in [7, 11) is -9.25. The van der Waals surface area contributed by atoms with Crippen molar-refractivity contribution in [3.05, 3.63) is 166 Å². The van der Waals surface area contributed by atoms with E-state index < -0.39 is 53.3 Å². The number of nitrogens with one attached hydrogen (secondary N) is 1. The van der Waals surface area contributed by atoms with Crippen molar-refractivity contribution < 1.29 is 55.5 Å². The van der Waals surface area contributed by atoms with Crippen LogP contribution in [0.15, 0.2) is 169 Å². The summed E-state index contributed by atoms with van der Waals surface area (Å²) in [4.78, 5) is 16.3. The smallest absolute Gasteiger partial charge is 0.871 e. The number of azo groups is 2. The summed E-state index contributed by atoms with van der Waals surface area (Å²) in [5.74, 6) is -1.61. The van der Waals surface area contributed by atoms with E-state index in [1.807, 2.05) is 6.92 Å². The third kappa shape index (κ3) is 14.1. The standard InChI is InChI=1S/2C27H24ClN3O6S.Ca/c2*1-3-16-13-18(15-23(24(16)28)38(34,35)36)30-31-25-19-10-6-5-9-17(19)14-20(26(25)32)27(33)29-21-11-7-8-12-22(21)37-4-2;/h2*5-15,32H,3-4H2,1-2H3,(H,29,33)(H,34,35,36);/q;;+2/p-2. The van der Waals surface area contributed by atoms with Gasteiger partial charge in [-0.2, -0.15) is 32.2 Å². The number of anilines is 1. The van der Waals surface area contributed by atoms with Crippen LogP contribution in [-0.4, -0.2) is 93.8 Å². The fourth-order valence-electron chi connectivity index (χ4n) is 7.70. The van der Waals surface area contributed by atoms with Gasteiger partial charge in [-0.3, -0.25) is 18.9 Å². The van der Waals surface area contributed by atoms with Crippen molar-refractivity contribution in [3.8, 4) is 23.0 Å². The summed E-state index contributed by atoms with van der Waals surface area (Å²) in [6.45, 7) is 7.93. The molecule has 0 aliphatic rings. The fourth-order valence-corrected chi connectivity index (χ4v) is 10.0. The van der Waals surface area contributed by atoms with Crippen LogP contribution in [0.3, 0.4) is 0 Å². The Morgan fingerprint density at radius 1 is 0.610 bits per heavy atom. The molecule has 8 aromatic rings. The largest absolute Gasteiger partial charge is 2.00 e. The number of carbonyl (C=O) groups is 1. The average Bonchev–Trinajstić information content (AvgIpc) is 3.39. The minimum atomic E-state index is -4.63. The van der Waals surface area contributed by atoms with E-state index in [4.69, 9.17) is 32.7 Å². The number of aryl methyl sites for hydroxylation is 2. The molecule has 0 aromatic heterocycles. The topological polar surface area (TPSA) is 284 Å². The van der Waals surface area contributed by atoms with Gasteiger partial charge in [0.1, 0.15) is 32.7 Å². The monoisotopic (exact) mass is 1140 g/mol. The van der Waals surface area contributed by atoms with E-state index >= 15 is 0 Å². The summed E-state index contributed by atoms with van der Waals surface area (Å²) >= 11 is 12.3. The summed E-state index contributed by atoms with van der Waals surface area (Å²) in [5, 5.41) is 58.8. The maximum Gasteiger partial charge on any atom is 2.00 e. The van der Waals surface area contributed by atoms with Crippen LogP contribution in [0.4, 0.5) is 34.1 Å². The molecule has 0 atom stereocenters. The Bertz CT molecular complexity index is 3860. The molecule has 8 rings (SSSR count). The van der Waals surface area contributed by atoms with Gasteiger partial charge < -0.3 is 30.1 Å². The number of halogens is 2. The maximum atomic E-state index is 13.4. The maximum absolute atomic E-state index is 13.4. The third-order valence-corrected chi connectivity index (χ3v) is 14.2. The number of para-hydroxylation sites is 4. The Hall–Kier alpha value is -6.72. The molecule has 1 amide bonds. The Labute approximate surface area is 483 Å². The first kappa shape index (κ1) is 59.5. The van der Waals surface area contributed by atoms with Gasteiger partial charge in [0.2, 0.25) is 0 Å². The Kier molecular flexibility index (Phi) is 20.2. The summed E-state index contributed by atoms with van der Waals surface area (Å²) in [5.41, 5.74) is 1.32. The van der Waals surface area contributed by atoms with Gasteiger partial charge in [-0.15, -0.1) is 5.11 Å². The van der Waals surface area contributed by atoms with Gasteiger partial charge in [-0.25, -0.2) is 0 Å². The minimum Gasteiger partial charge on any atom is -0.871 e. The predicted molar refractivity (Wildman–Crippen MR) is 294 cm³/mol. The molecular formula is C54H46CaCl2N6O12S2. The second-order valence-corrected chi connectivity index (χ2v) is 19.8. The number of rotatable bonds is 16. The molecule has 0 aliphatic heterocycles. The molecule has 77 heavy (non-hydrogen) atoms. The van der Waals surface area contributed by atoms with E-state index in [0.29, 0.717) is 75.9 Å². The van der Waals surface area contributed by atoms with Gasteiger partial charge in [0.15, 0.2) is 5.75 Å². The number of aliphatic imine (C=N–C) groups is 1. The number of amides is 1. The van der Waals surface area contributed by atoms with Gasteiger partial charge in [-0.1, -0.05) is 116 Å². The third-order valence-electron chi connectivity index (χ3n) is 11.3. The van der Waals surface area contributed by atoms with Crippen molar-refractivity contribution in [3.63, 3.8) is 0 Å². The van der Waals surface area contributed by atoms with Gasteiger partial charge in [0, 0.05) is 10.8 Å². The number of ether oxygens (including phenoxy) is 2. The number of hydrogen-bond donors (Lipinski definition) is 4. The second-order valence-electron chi connectivity index (χ2n) is 16.3. The molecule has 18 nitrogen and oxygen atoms in total. The van der Waals surface area contributed by atoms with Crippen LogP contribution in [-0.2, 0) is 33.1 Å². The molecule has 0 saturated heterocycles. The van der Waals surface area contributed by atoms with E-state index in [-0.39, 0.29) is 87.3 Å². The van der Waals surface area contributed by atoms with Crippen molar-refractivity contribution in [1.82, 2.24) is 0 Å². The first-order chi connectivity index (χ1) is 36.3. The van der Waals surface area contributed by atoms with Crippen molar-refractivity contribution in [2.75, 3.05) is 18.5 Å². The van der Waals surface area contributed by atoms with Crippen LogP contribution in [0.25, 0.3) is 21.5 Å². The molecule has 0 fully saturated rings. The average molecular weight is 1150 g/mol. The van der Waals surface area contributed by atoms with Crippen LogP contribution >= 0.6 is 23.2 Å². The van der Waals surface area contributed by atoms with Gasteiger partial charge in [0.05, 0.1) is 51.6 Å². The molecule has 0 heterocycles. The Balaban J connectivity index is 0.000000246. The van der Waals surface area contributed by atoms with Crippen LogP contribution in [0, 0.1) is 0 Å². The Morgan fingerprint density at radius 3 is 1.60 bits per heavy atom. The number of benzene rings is 8. The van der Waals surface area contributed by atoms with Crippen molar-refractivity contribution >= 4 is 149 Å². The summed E-state index contributed by atoms with van der Waals surface area (Å²) in [6, 6.07) is 35.6. The zero-order chi connectivity index (χ0) is 54.9. The van der Waals surface area contributed by atoms with Gasteiger partial charge in [-0.05, 0) is 121 Å². The normalized spacial score (nSPS) is 11.9. The van der Waals surface area contributed by atoms with Crippen LogP contribution in [0.2, 0.25) is 10.0 Å². The Morgan fingerprint density at radius 2 is 1.06 bits per heavy atom. The summed E-state index contributed by atoms with van der Waals surface area (Å²) < 4.78 is 77.5. The van der Waals surface area contributed by atoms with Gasteiger partial charge in [0.25, 0.3) is 26.1 Å². The predicted octanol–water partition coefficient (Wildman–Crippen LogP) is 12.3. The number of hydrogen-bond acceptors (Lipinski definition) is 15. The molecule has 0 aliphatic carbocycles. The first-order valence-electron chi connectivity index (χ1n) is 23.2. The SMILES string of the molecule is CCOc1ccccc1N=C([O-])c1cc2ccccc2c(N=Nc2cc(CC)c(Cl)c(S(=O)(=O)O)c2)c1[O-].CCOc1ccccc1NC(=O)c1cc2ccccc2c(N=Nc2cc(CC)c(Cl)c(S(=O)(=O)O)c2)c1O.[Ca+2]. The fraction of sp³-hybridized carbons (Fsp3) is 0.148. The molecule has 0 unspecified atom stereocenters. The van der Waals surface area contributed by atoms with E-state index in [1.165, 1.54) is 24.3 Å². The van der Waals surface area contributed by atoms with E-state index in [2.05, 4.69) is 30.8 Å². The van der Waals surface area contributed by atoms with Crippen LogP contribution in [0.1, 0.15) is 54.7 Å². The quantitative estimate of drug-likeness (QED) is 0.0231. The molecule has 0 saturated carbocycles. The van der Waals surface area contributed by atoms with E-state index in [0.717, 1.165) is 12.1 Å². The molecule has 4 N–H and O–H groups in total. The van der Waals surface area contributed by atoms with Gasteiger partial charge >= 0.3 is 37.7 Å². The second kappa shape index (κ2) is 26.1. The number of fused-ring (bicyclic) bond motifs is 2.